The first-order chi connectivity index (χ1) is 7.15. The van der Waals surface area contributed by atoms with Gasteiger partial charge in [0.1, 0.15) is 5.82 Å². The molecule has 0 spiro atoms. The predicted octanol–water partition coefficient (Wildman–Crippen LogP) is 3.17. The largest absolute Gasteiger partial charge is 0.320 e. The third kappa shape index (κ3) is 3.63. The number of hydrogen-bond acceptors (Lipinski definition) is 1. The standard InChI is InChI=1S/C13H20FN/c1-10(2)13(7-8-15-3)11-5-4-6-12(14)9-11/h4-6,9-10,13,15H,7-8H2,1-3H3. The number of rotatable bonds is 5. The molecule has 0 heterocycles. The van der Waals surface area contributed by atoms with E-state index in [2.05, 4.69) is 19.2 Å². The predicted molar refractivity (Wildman–Crippen MR) is 62.5 cm³/mol. The summed E-state index contributed by atoms with van der Waals surface area (Å²) in [7, 11) is 1.95. The van der Waals surface area contributed by atoms with Gasteiger partial charge in [0.25, 0.3) is 0 Å². The zero-order valence-electron chi connectivity index (χ0n) is 9.76. The fourth-order valence-electron chi connectivity index (χ4n) is 1.92. The minimum Gasteiger partial charge on any atom is -0.320 e. The lowest BCUT2D eigenvalue weighted by atomic mass is 9.86. The lowest BCUT2D eigenvalue weighted by Gasteiger charge is -2.21. The molecule has 1 unspecified atom stereocenters. The third-order valence-corrected chi connectivity index (χ3v) is 2.79. The second-order valence-electron chi connectivity index (χ2n) is 4.30. The molecule has 0 fully saturated rings. The van der Waals surface area contributed by atoms with Crippen LogP contribution in [0.15, 0.2) is 24.3 Å². The average molecular weight is 209 g/mol. The molecule has 1 aromatic carbocycles. The first-order valence-corrected chi connectivity index (χ1v) is 5.55. The summed E-state index contributed by atoms with van der Waals surface area (Å²) in [6.07, 6.45) is 1.05. The topological polar surface area (TPSA) is 12.0 Å². The molecule has 0 aliphatic rings. The van der Waals surface area contributed by atoms with Gasteiger partial charge in [-0.1, -0.05) is 26.0 Å². The van der Waals surface area contributed by atoms with E-state index in [1.54, 1.807) is 12.1 Å². The van der Waals surface area contributed by atoms with E-state index in [0.717, 1.165) is 18.5 Å². The van der Waals surface area contributed by atoms with E-state index < -0.39 is 0 Å². The van der Waals surface area contributed by atoms with E-state index in [1.165, 1.54) is 6.07 Å². The van der Waals surface area contributed by atoms with Crippen LogP contribution in [0.3, 0.4) is 0 Å². The van der Waals surface area contributed by atoms with Gasteiger partial charge in [0.05, 0.1) is 0 Å². The highest BCUT2D eigenvalue weighted by Crippen LogP contribution is 2.27. The molecule has 2 heteroatoms. The van der Waals surface area contributed by atoms with E-state index >= 15 is 0 Å². The SMILES string of the molecule is CNCCC(c1cccc(F)c1)C(C)C. The lowest BCUT2D eigenvalue weighted by Crippen LogP contribution is -2.15. The second-order valence-corrected chi connectivity index (χ2v) is 4.30. The molecular weight excluding hydrogens is 189 g/mol. The smallest absolute Gasteiger partial charge is 0.123 e. The fourth-order valence-corrected chi connectivity index (χ4v) is 1.92. The Bertz CT molecular complexity index is 296. The zero-order chi connectivity index (χ0) is 11.3. The van der Waals surface area contributed by atoms with Crippen molar-refractivity contribution in [1.29, 1.82) is 0 Å². The molecule has 0 aromatic heterocycles. The zero-order valence-corrected chi connectivity index (χ0v) is 9.76. The molecule has 0 saturated heterocycles. The summed E-state index contributed by atoms with van der Waals surface area (Å²) in [6.45, 7) is 5.34. The summed E-state index contributed by atoms with van der Waals surface area (Å²) >= 11 is 0. The van der Waals surface area contributed by atoms with Crippen molar-refractivity contribution in [3.8, 4) is 0 Å². The van der Waals surface area contributed by atoms with Gasteiger partial charge in [0.2, 0.25) is 0 Å². The van der Waals surface area contributed by atoms with Crippen molar-refractivity contribution in [2.45, 2.75) is 26.2 Å². The van der Waals surface area contributed by atoms with Crippen LogP contribution < -0.4 is 5.32 Å². The van der Waals surface area contributed by atoms with Gasteiger partial charge in [0, 0.05) is 0 Å². The summed E-state index contributed by atoms with van der Waals surface area (Å²) < 4.78 is 13.1. The molecule has 0 amide bonds. The quantitative estimate of drug-likeness (QED) is 0.785. The number of benzene rings is 1. The van der Waals surface area contributed by atoms with Crippen LogP contribution in [0.25, 0.3) is 0 Å². The van der Waals surface area contributed by atoms with Gasteiger partial charge in [-0.05, 0) is 49.5 Å². The third-order valence-electron chi connectivity index (χ3n) is 2.79. The van der Waals surface area contributed by atoms with Crippen molar-refractivity contribution in [3.05, 3.63) is 35.6 Å². The lowest BCUT2D eigenvalue weighted by molar-refractivity contribution is 0.458. The van der Waals surface area contributed by atoms with E-state index in [0.29, 0.717) is 11.8 Å². The molecule has 15 heavy (non-hydrogen) atoms. The van der Waals surface area contributed by atoms with Crippen molar-refractivity contribution in [3.63, 3.8) is 0 Å². The average Bonchev–Trinajstić information content (AvgIpc) is 2.18. The molecule has 84 valence electrons. The first-order valence-electron chi connectivity index (χ1n) is 5.55. The maximum Gasteiger partial charge on any atom is 0.123 e. The fraction of sp³-hybridized carbons (Fsp3) is 0.538. The van der Waals surface area contributed by atoms with Crippen molar-refractivity contribution in [1.82, 2.24) is 5.32 Å². The summed E-state index contributed by atoms with van der Waals surface area (Å²) in [6, 6.07) is 6.96. The Hall–Kier alpha value is -0.890. The molecule has 1 rings (SSSR count). The van der Waals surface area contributed by atoms with Gasteiger partial charge >= 0.3 is 0 Å². The number of halogens is 1. The van der Waals surface area contributed by atoms with Crippen molar-refractivity contribution >= 4 is 0 Å². The van der Waals surface area contributed by atoms with Crippen LogP contribution >= 0.6 is 0 Å². The Morgan fingerprint density at radius 2 is 2.07 bits per heavy atom. The Morgan fingerprint density at radius 3 is 2.60 bits per heavy atom. The molecule has 1 aromatic rings. The van der Waals surface area contributed by atoms with Crippen LogP contribution in [0.5, 0.6) is 0 Å². The molecule has 1 N–H and O–H groups in total. The highest BCUT2D eigenvalue weighted by molar-refractivity contribution is 5.21. The van der Waals surface area contributed by atoms with Gasteiger partial charge < -0.3 is 5.32 Å². The van der Waals surface area contributed by atoms with Crippen molar-refractivity contribution in [2.24, 2.45) is 5.92 Å². The van der Waals surface area contributed by atoms with Gasteiger partial charge in [-0.3, -0.25) is 0 Å². The second kappa shape index (κ2) is 5.86. The maximum absolute atomic E-state index is 13.1. The van der Waals surface area contributed by atoms with Crippen LogP contribution in [-0.4, -0.2) is 13.6 Å². The molecule has 0 bridgehead atoms. The molecule has 1 nitrogen and oxygen atoms in total. The highest BCUT2D eigenvalue weighted by atomic mass is 19.1. The molecule has 0 aliphatic heterocycles. The molecular formula is C13H20FN. The van der Waals surface area contributed by atoms with E-state index in [9.17, 15) is 4.39 Å². The Kier molecular flexibility index (Phi) is 4.76. The first kappa shape index (κ1) is 12.2. The van der Waals surface area contributed by atoms with E-state index in [1.807, 2.05) is 13.1 Å². The number of nitrogens with one attached hydrogen (secondary N) is 1. The Labute approximate surface area is 91.7 Å². The summed E-state index contributed by atoms with van der Waals surface area (Å²) in [5.74, 6) is 0.843. The summed E-state index contributed by atoms with van der Waals surface area (Å²) in [4.78, 5) is 0. The van der Waals surface area contributed by atoms with Crippen LogP contribution in [0.2, 0.25) is 0 Å². The Balaban J connectivity index is 2.79. The van der Waals surface area contributed by atoms with Gasteiger partial charge in [-0.15, -0.1) is 0 Å². The van der Waals surface area contributed by atoms with E-state index in [4.69, 9.17) is 0 Å². The monoisotopic (exact) mass is 209 g/mol. The van der Waals surface area contributed by atoms with Crippen molar-refractivity contribution < 1.29 is 4.39 Å². The van der Waals surface area contributed by atoms with Crippen LogP contribution in [-0.2, 0) is 0 Å². The maximum atomic E-state index is 13.1. The van der Waals surface area contributed by atoms with Crippen LogP contribution in [0, 0.1) is 11.7 Å². The van der Waals surface area contributed by atoms with E-state index in [-0.39, 0.29) is 5.82 Å². The van der Waals surface area contributed by atoms with Gasteiger partial charge in [-0.25, -0.2) is 4.39 Å². The molecule has 0 aliphatic carbocycles. The summed E-state index contributed by atoms with van der Waals surface area (Å²) in [5, 5.41) is 3.14. The summed E-state index contributed by atoms with van der Waals surface area (Å²) in [5.41, 5.74) is 1.11. The molecule has 0 saturated carbocycles. The Morgan fingerprint density at radius 1 is 1.33 bits per heavy atom. The van der Waals surface area contributed by atoms with Gasteiger partial charge in [-0.2, -0.15) is 0 Å². The van der Waals surface area contributed by atoms with Crippen LogP contribution in [0.1, 0.15) is 31.7 Å². The minimum absolute atomic E-state index is 0.136. The number of hydrogen-bond donors (Lipinski definition) is 1. The molecule has 1 atom stereocenters. The normalized spacial score (nSPS) is 13.1. The van der Waals surface area contributed by atoms with Crippen molar-refractivity contribution in [2.75, 3.05) is 13.6 Å². The van der Waals surface area contributed by atoms with Crippen LogP contribution in [0.4, 0.5) is 4.39 Å². The molecule has 0 radical (unpaired) electrons. The van der Waals surface area contributed by atoms with Gasteiger partial charge in [0.15, 0.2) is 0 Å². The highest BCUT2D eigenvalue weighted by Gasteiger charge is 2.15. The minimum atomic E-state index is -0.136.